The van der Waals surface area contributed by atoms with Crippen LogP contribution in [0.1, 0.15) is 24.2 Å². The Hall–Kier alpha value is -0.830. The molecule has 1 aromatic carbocycles. The maximum Gasteiger partial charge on any atom is 0.167 e. The number of benzene rings is 1. The van der Waals surface area contributed by atoms with E-state index in [2.05, 4.69) is 15.9 Å². The van der Waals surface area contributed by atoms with Crippen molar-refractivity contribution in [2.45, 2.75) is 13.8 Å². The van der Waals surface area contributed by atoms with Gasteiger partial charge < -0.3 is 5.73 Å². The summed E-state index contributed by atoms with van der Waals surface area (Å²) >= 11 is 3.31. The van der Waals surface area contributed by atoms with E-state index in [0.29, 0.717) is 11.3 Å². The molecule has 1 rings (SSSR count). The zero-order valence-corrected chi connectivity index (χ0v) is 9.26. The molecule has 0 aliphatic heterocycles. The Morgan fingerprint density at radius 2 is 2.08 bits per heavy atom. The van der Waals surface area contributed by atoms with E-state index in [1.54, 1.807) is 12.1 Å². The van der Waals surface area contributed by atoms with E-state index in [9.17, 15) is 4.79 Å². The second-order valence-electron chi connectivity index (χ2n) is 3.25. The van der Waals surface area contributed by atoms with Gasteiger partial charge in [-0.3, -0.25) is 4.79 Å². The molecule has 0 aromatic heterocycles. The molecule has 0 aliphatic rings. The Labute approximate surface area is 86.3 Å². The van der Waals surface area contributed by atoms with Gasteiger partial charge in [0.05, 0.1) is 0 Å². The standard InChI is InChI=1S/C10H12BrNO/c1-6(2)10(13)8-5-7(11)3-4-9(8)12/h3-6H,12H2,1-2H3. The number of Topliss-reactive ketones (excluding diaryl/α,β-unsaturated/α-hetero) is 1. The van der Waals surface area contributed by atoms with Crippen molar-refractivity contribution in [3.63, 3.8) is 0 Å². The highest BCUT2D eigenvalue weighted by Crippen LogP contribution is 2.21. The molecular weight excluding hydrogens is 230 g/mol. The molecule has 2 nitrogen and oxygen atoms in total. The SMILES string of the molecule is CC(C)C(=O)c1cc(Br)ccc1N. The molecule has 0 atom stereocenters. The number of hydrogen-bond donors (Lipinski definition) is 1. The number of halogens is 1. The van der Waals surface area contributed by atoms with E-state index in [1.807, 2.05) is 19.9 Å². The van der Waals surface area contributed by atoms with Crippen molar-refractivity contribution in [1.29, 1.82) is 0 Å². The van der Waals surface area contributed by atoms with E-state index < -0.39 is 0 Å². The molecule has 1 aromatic rings. The molecule has 0 saturated carbocycles. The molecule has 0 heterocycles. The minimum absolute atomic E-state index is 0.0170. The molecule has 0 aliphatic carbocycles. The maximum absolute atomic E-state index is 11.6. The lowest BCUT2D eigenvalue weighted by atomic mass is 10.00. The fraction of sp³-hybridized carbons (Fsp3) is 0.300. The van der Waals surface area contributed by atoms with Crippen molar-refractivity contribution in [2.75, 3.05) is 5.73 Å². The third-order valence-electron chi connectivity index (χ3n) is 1.81. The van der Waals surface area contributed by atoms with Crippen molar-refractivity contribution >= 4 is 27.4 Å². The van der Waals surface area contributed by atoms with Gasteiger partial charge in [0.25, 0.3) is 0 Å². The number of carbonyl (C=O) groups is 1. The van der Waals surface area contributed by atoms with Gasteiger partial charge >= 0.3 is 0 Å². The summed E-state index contributed by atoms with van der Waals surface area (Å²) in [6.07, 6.45) is 0. The monoisotopic (exact) mass is 241 g/mol. The van der Waals surface area contributed by atoms with Crippen LogP contribution in [-0.2, 0) is 0 Å². The first-order valence-corrected chi connectivity index (χ1v) is 4.91. The normalized spacial score (nSPS) is 10.5. The lowest BCUT2D eigenvalue weighted by Crippen LogP contribution is -2.10. The van der Waals surface area contributed by atoms with Crippen molar-refractivity contribution in [3.8, 4) is 0 Å². The highest BCUT2D eigenvalue weighted by atomic mass is 79.9. The predicted molar refractivity (Wildman–Crippen MR) is 57.7 cm³/mol. The van der Waals surface area contributed by atoms with E-state index >= 15 is 0 Å². The Morgan fingerprint density at radius 3 is 2.62 bits per heavy atom. The number of nitrogen functional groups attached to an aromatic ring is 1. The van der Waals surface area contributed by atoms with Gasteiger partial charge in [0.2, 0.25) is 0 Å². The third kappa shape index (κ3) is 2.31. The predicted octanol–water partition coefficient (Wildman–Crippen LogP) is 2.87. The first kappa shape index (κ1) is 10.3. The van der Waals surface area contributed by atoms with Gasteiger partial charge in [0, 0.05) is 21.6 Å². The Bertz CT molecular complexity index is 334. The molecule has 2 N–H and O–H groups in total. The number of ketones is 1. The second-order valence-corrected chi connectivity index (χ2v) is 4.17. The number of anilines is 1. The molecule has 0 amide bonds. The number of carbonyl (C=O) groups excluding carboxylic acids is 1. The fourth-order valence-electron chi connectivity index (χ4n) is 1.05. The van der Waals surface area contributed by atoms with Crippen LogP contribution < -0.4 is 5.73 Å². The van der Waals surface area contributed by atoms with Crippen LogP contribution in [0.15, 0.2) is 22.7 Å². The highest BCUT2D eigenvalue weighted by Gasteiger charge is 2.13. The van der Waals surface area contributed by atoms with Crippen LogP contribution in [0.3, 0.4) is 0 Å². The van der Waals surface area contributed by atoms with Gasteiger partial charge in [0.1, 0.15) is 0 Å². The van der Waals surface area contributed by atoms with Gasteiger partial charge in [-0.15, -0.1) is 0 Å². The Kier molecular flexibility index (Phi) is 3.09. The molecular formula is C10H12BrNO. The summed E-state index contributed by atoms with van der Waals surface area (Å²) in [5.41, 5.74) is 6.83. The molecule has 70 valence electrons. The van der Waals surface area contributed by atoms with E-state index in [0.717, 1.165) is 4.47 Å². The summed E-state index contributed by atoms with van der Waals surface area (Å²) in [6, 6.07) is 5.32. The Balaban J connectivity index is 3.13. The highest BCUT2D eigenvalue weighted by molar-refractivity contribution is 9.10. The van der Waals surface area contributed by atoms with E-state index in [1.165, 1.54) is 0 Å². The van der Waals surface area contributed by atoms with E-state index in [4.69, 9.17) is 5.73 Å². The van der Waals surface area contributed by atoms with Crippen LogP contribution in [0.4, 0.5) is 5.69 Å². The first-order valence-electron chi connectivity index (χ1n) is 4.11. The van der Waals surface area contributed by atoms with Crippen molar-refractivity contribution < 1.29 is 4.79 Å². The third-order valence-corrected chi connectivity index (χ3v) is 2.30. The average molecular weight is 242 g/mol. The molecule has 0 bridgehead atoms. The van der Waals surface area contributed by atoms with Gasteiger partial charge in [0.15, 0.2) is 5.78 Å². The molecule has 0 spiro atoms. The first-order chi connectivity index (χ1) is 6.02. The van der Waals surface area contributed by atoms with Gasteiger partial charge in [-0.2, -0.15) is 0 Å². The largest absolute Gasteiger partial charge is 0.398 e. The van der Waals surface area contributed by atoms with Crippen LogP contribution in [0, 0.1) is 5.92 Å². The minimum Gasteiger partial charge on any atom is -0.398 e. The lowest BCUT2D eigenvalue weighted by Gasteiger charge is -2.07. The fourth-order valence-corrected chi connectivity index (χ4v) is 1.41. The molecule has 0 radical (unpaired) electrons. The number of rotatable bonds is 2. The lowest BCUT2D eigenvalue weighted by molar-refractivity contribution is 0.0940. The summed E-state index contributed by atoms with van der Waals surface area (Å²) in [7, 11) is 0. The topological polar surface area (TPSA) is 43.1 Å². The average Bonchev–Trinajstić information content (AvgIpc) is 2.08. The summed E-state index contributed by atoms with van der Waals surface area (Å²) < 4.78 is 0.880. The quantitative estimate of drug-likeness (QED) is 0.640. The van der Waals surface area contributed by atoms with Crippen molar-refractivity contribution in [1.82, 2.24) is 0 Å². The summed E-state index contributed by atoms with van der Waals surface area (Å²) in [5.74, 6) is 0.0652. The second kappa shape index (κ2) is 3.92. The van der Waals surface area contributed by atoms with Gasteiger partial charge in [-0.1, -0.05) is 29.8 Å². The van der Waals surface area contributed by atoms with Crippen LogP contribution >= 0.6 is 15.9 Å². The van der Waals surface area contributed by atoms with Crippen LogP contribution in [-0.4, -0.2) is 5.78 Å². The van der Waals surface area contributed by atoms with Crippen LogP contribution in [0.5, 0.6) is 0 Å². The number of nitrogens with two attached hydrogens (primary N) is 1. The molecule has 3 heteroatoms. The van der Waals surface area contributed by atoms with Crippen molar-refractivity contribution in [3.05, 3.63) is 28.2 Å². The van der Waals surface area contributed by atoms with Gasteiger partial charge in [-0.05, 0) is 18.2 Å². The zero-order chi connectivity index (χ0) is 10.0. The van der Waals surface area contributed by atoms with Gasteiger partial charge in [-0.25, -0.2) is 0 Å². The van der Waals surface area contributed by atoms with E-state index in [-0.39, 0.29) is 11.7 Å². The minimum atomic E-state index is -0.0170. The number of hydrogen-bond acceptors (Lipinski definition) is 2. The summed E-state index contributed by atoms with van der Waals surface area (Å²) in [5, 5.41) is 0. The molecule has 0 fully saturated rings. The smallest absolute Gasteiger partial charge is 0.167 e. The summed E-state index contributed by atoms with van der Waals surface area (Å²) in [6.45, 7) is 3.73. The molecule has 13 heavy (non-hydrogen) atoms. The maximum atomic E-state index is 11.6. The van der Waals surface area contributed by atoms with Crippen molar-refractivity contribution in [2.24, 2.45) is 5.92 Å². The Morgan fingerprint density at radius 1 is 1.46 bits per heavy atom. The zero-order valence-electron chi connectivity index (χ0n) is 7.67. The van der Waals surface area contributed by atoms with Crippen LogP contribution in [0.2, 0.25) is 0 Å². The molecule has 0 saturated heterocycles. The van der Waals surface area contributed by atoms with Crippen LogP contribution in [0.25, 0.3) is 0 Å². The summed E-state index contributed by atoms with van der Waals surface area (Å²) in [4.78, 5) is 11.6. The molecule has 0 unspecified atom stereocenters.